The van der Waals surface area contributed by atoms with Crippen LogP contribution in [-0.2, 0) is 11.2 Å². The molecule has 0 fully saturated rings. The van der Waals surface area contributed by atoms with Gasteiger partial charge in [0.15, 0.2) is 0 Å². The second kappa shape index (κ2) is 8.73. The minimum Gasteiger partial charge on any atom is -0.316 e. The number of carbonyl (C=O) groups is 1. The molecule has 0 bridgehead atoms. The first-order valence-corrected chi connectivity index (χ1v) is 7.98. The summed E-state index contributed by atoms with van der Waals surface area (Å²) < 4.78 is 0. The predicted octanol–water partition coefficient (Wildman–Crippen LogP) is 1.87. The Morgan fingerprint density at radius 1 is 1.21 bits per heavy atom. The Kier molecular flexibility index (Phi) is 6.38. The van der Waals surface area contributed by atoms with Crippen LogP contribution >= 0.6 is 0 Å². The Labute approximate surface area is 143 Å². The van der Waals surface area contributed by atoms with E-state index in [9.17, 15) is 4.79 Å². The van der Waals surface area contributed by atoms with Crippen molar-refractivity contribution in [1.82, 2.24) is 9.80 Å². The highest BCUT2D eigenvalue weighted by Crippen LogP contribution is 2.35. The van der Waals surface area contributed by atoms with Crippen molar-refractivity contribution in [3.8, 4) is 24.5 Å². The fourth-order valence-electron chi connectivity index (χ4n) is 3.18. The zero-order valence-electron chi connectivity index (χ0n) is 13.6. The third-order valence-corrected chi connectivity index (χ3v) is 4.33. The average molecular weight is 320 g/mol. The summed E-state index contributed by atoms with van der Waals surface area (Å²) in [6.07, 6.45) is 7.77. The number of nitriles is 2. The number of aryl methyl sites for hydroxylation is 1. The van der Waals surface area contributed by atoms with E-state index in [0.29, 0.717) is 13.1 Å². The van der Waals surface area contributed by atoms with Gasteiger partial charge in [0.25, 0.3) is 0 Å². The van der Waals surface area contributed by atoms with Crippen molar-refractivity contribution >= 4 is 5.91 Å². The van der Waals surface area contributed by atoms with Crippen molar-refractivity contribution in [3.05, 3.63) is 35.4 Å². The summed E-state index contributed by atoms with van der Waals surface area (Å²) in [7, 11) is 0. The maximum Gasteiger partial charge on any atom is 0.225 e. The van der Waals surface area contributed by atoms with E-state index in [0.717, 1.165) is 12.8 Å². The Hall–Kier alpha value is -2.81. The highest BCUT2D eigenvalue weighted by Gasteiger charge is 2.27. The number of benzene rings is 1. The van der Waals surface area contributed by atoms with Crippen LogP contribution in [0.15, 0.2) is 24.3 Å². The monoisotopic (exact) mass is 320 g/mol. The van der Waals surface area contributed by atoms with E-state index in [4.69, 9.17) is 16.9 Å². The molecule has 0 N–H and O–H groups in total. The van der Waals surface area contributed by atoms with E-state index in [-0.39, 0.29) is 31.5 Å². The van der Waals surface area contributed by atoms with Crippen molar-refractivity contribution in [1.29, 1.82) is 10.5 Å². The SMILES string of the molecule is C#CCN(CCC(=O)N(CC#N)CC#N)C1CCc2ccccc21. The lowest BCUT2D eigenvalue weighted by Crippen LogP contribution is -2.36. The molecule has 122 valence electrons. The van der Waals surface area contributed by atoms with Gasteiger partial charge in [-0.25, -0.2) is 0 Å². The molecule has 1 aromatic rings. The van der Waals surface area contributed by atoms with Crippen LogP contribution in [0.3, 0.4) is 0 Å². The molecular formula is C19H20N4O. The van der Waals surface area contributed by atoms with Crippen LogP contribution < -0.4 is 0 Å². The first-order valence-electron chi connectivity index (χ1n) is 7.98. The number of rotatable bonds is 7. The molecule has 2 rings (SSSR count). The fourth-order valence-corrected chi connectivity index (χ4v) is 3.18. The van der Waals surface area contributed by atoms with Gasteiger partial charge in [0.1, 0.15) is 13.1 Å². The molecular weight excluding hydrogens is 300 g/mol. The van der Waals surface area contributed by atoms with Crippen LogP contribution in [0.4, 0.5) is 0 Å². The summed E-state index contributed by atoms with van der Waals surface area (Å²) in [6.45, 7) is 0.875. The van der Waals surface area contributed by atoms with Crippen LogP contribution in [0.5, 0.6) is 0 Å². The summed E-state index contributed by atoms with van der Waals surface area (Å²) in [5.41, 5.74) is 2.62. The minimum atomic E-state index is -0.189. The molecule has 0 radical (unpaired) electrons. The lowest BCUT2D eigenvalue weighted by Gasteiger charge is -2.28. The maximum absolute atomic E-state index is 12.2. The van der Waals surface area contributed by atoms with E-state index in [1.54, 1.807) is 0 Å². The topological polar surface area (TPSA) is 71.1 Å². The zero-order chi connectivity index (χ0) is 17.4. The molecule has 5 nitrogen and oxygen atoms in total. The normalized spacial score (nSPS) is 15.2. The van der Waals surface area contributed by atoms with Gasteiger partial charge >= 0.3 is 0 Å². The number of hydrogen-bond donors (Lipinski definition) is 0. The van der Waals surface area contributed by atoms with Crippen LogP contribution in [0.1, 0.15) is 30.0 Å². The number of terminal acetylenes is 1. The van der Waals surface area contributed by atoms with Crippen molar-refractivity contribution in [2.24, 2.45) is 0 Å². The molecule has 0 spiro atoms. The third-order valence-electron chi connectivity index (χ3n) is 4.33. The van der Waals surface area contributed by atoms with Crippen LogP contribution in [-0.4, -0.2) is 41.9 Å². The second-order valence-corrected chi connectivity index (χ2v) is 5.74. The average Bonchev–Trinajstić information content (AvgIpc) is 3.02. The Morgan fingerprint density at radius 2 is 1.92 bits per heavy atom. The molecule has 0 heterocycles. The van der Waals surface area contributed by atoms with Gasteiger partial charge < -0.3 is 4.90 Å². The van der Waals surface area contributed by atoms with E-state index >= 15 is 0 Å². The third kappa shape index (κ3) is 4.13. The highest BCUT2D eigenvalue weighted by molar-refractivity contribution is 5.76. The minimum absolute atomic E-state index is 0.0617. The number of hydrogen-bond acceptors (Lipinski definition) is 4. The van der Waals surface area contributed by atoms with Crippen molar-refractivity contribution in [3.63, 3.8) is 0 Å². The van der Waals surface area contributed by atoms with Gasteiger partial charge in [-0.2, -0.15) is 10.5 Å². The molecule has 1 aliphatic carbocycles. The number of fused-ring (bicyclic) bond motifs is 1. The molecule has 1 aromatic carbocycles. The first kappa shape index (κ1) is 17.5. The largest absolute Gasteiger partial charge is 0.316 e. The van der Waals surface area contributed by atoms with Gasteiger partial charge in [0.2, 0.25) is 5.91 Å². The van der Waals surface area contributed by atoms with Gasteiger partial charge in [0, 0.05) is 19.0 Å². The maximum atomic E-state index is 12.2. The summed E-state index contributed by atoms with van der Waals surface area (Å²) >= 11 is 0. The van der Waals surface area contributed by atoms with Crippen LogP contribution in [0, 0.1) is 35.0 Å². The Bertz CT molecular complexity index is 691. The van der Waals surface area contributed by atoms with Crippen molar-refractivity contribution in [2.45, 2.75) is 25.3 Å². The first-order chi connectivity index (χ1) is 11.7. The molecule has 0 aliphatic heterocycles. The van der Waals surface area contributed by atoms with Gasteiger partial charge in [-0.3, -0.25) is 9.69 Å². The van der Waals surface area contributed by atoms with Crippen molar-refractivity contribution in [2.75, 3.05) is 26.2 Å². The Balaban J connectivity index is 2.03. The lowest BCUT2D eigenvalue weighted by molar-refractivity contribution is -0.130. The standard InChI is InChI=1S/C19H20N4O/c1-2-12-22(13-9-19(24)23(14-10-20)15-11-21)18-8-7-16-5-3-4-6-17(16)18/h1,3-6,18H,7-9,12-15H2. The molecule has 0 aromatic heterocycles. The van der Waals surface area contributed by atoms with Gasteiger partial charge in [-0.05, 0) is 24.0 Å². The second-order valence-electron chi connectivity index (χ2n) is 5.74. The number of nitrogens with zero attached hydrogens (tertiary/aromatic N) is 4. The lowest BCUT2D eigenvalue weighted by atomic mass is 10.1. The molecule has 0 saturated carbocycles. The molecule has 5 heteroatoms. The van der Waals surface area contributed by atoms with E-state index in [1.807, 2.05) is 24.3 Å². The molecule has 1 atom stereocenters. The number of amides is 1. The molecule has 0 saturated heterocycles. The van der Waals surface area contributed by atoms with Gasteiger partial charge in [0.05, 0.1) is 18.7 Å². The summed E-state index contributed by atoms with van der Waals surface area (Å²) in [5, 5.41) is 17.5. The molecule has 1 aliphatic rings. The summed E-state index contributed by atoms with van der Waals surface area (Å²) in [4.78, 5) is 15.7. The zero-order valence-corrected chi connectivity index (χ0v) is 13.6. The van der Waals surface area contributed by atoms with E-state index < -0.39 is 0 Å². The van der Waals surface area contributed by atoms with Crippen molar-refractivity contribution < 1.29 is 4.79 Å². The van der Waals surface area contributed by atoms with Gasteiger partial charge in [-0.1, -0.05) is 30.2 Å². The molecule has 1 unspecified atom stereocenters. The van der Waals surface area contributed by atoms with E-state index in [1.165, 1.54) is 16.0 Å². The fraction of sp³-hybridized carbons (Fsp3) is 0.421. The highest BCUT2D eigenvalue weighted by atomic mass is 16.2. The molecule has 24 heavy (non-hydrogen) atoms. The Morgan fingerprint density at radius 3 is 2.58 bits per heavy atom. The summed E-state index contributed by atoms with van der Waals surface area (Å²) in [5.74, 6) is 2.49. The van der Waals surface area contributed by atoms with Crippen LogP contribution in [0.25, 0.3) is 0 Å². The predicted molar refractivity (Wildman–Crippen MR) is 90.3 cm³/mol. The van der Waals surface area contributed by atoms with Crippen LogP contribution in [0.2, 0.25) is 0 Å². The molecule has 1 amide bonds. The number of carbonyl (C=O) groups excluding carboxylic acids is 1. The van der Waals surface area contributed by atoms with E-state index in [2.05, 4.69) is 23.0 Å². The van der Waals surface area contributed by atoms with Gasteiger partial charge in [-0.15, -0.1) is 6.42 Å². The summed E-state index contributed by atoms with van der Waals surface area (Å²) in [6, 6.07) is 12.4. The smallest absolute Gasteiger partial charge is 0.225 e. The quantitative estimate of drug-likeness (QED) is 0.568.